The summed E-state index contributed by atoms with van der Waals surface area (Å²) in [5, 5.41) is 12.3. The van der Waals surface area contributed by atoms with Gasteiger partial charge < -0.3 is 4.90 Å². The van der Waals surface area contributed by atoms with Crippen molar-refractivity contribution in [2.75, 3.05) is 6.54 Å². The molecule has 0 aromatic rings. The lowest BCUT2D eigenvalue weighted by Crippen LogP contribution is -2.16. The van der Waals surface area contributed by atoms with Gasteiger partial charge in [-0.2, -0.15) is 5.26 Å². The van der Waals surface area contributed by atoms with Gasteiger partial charge in [-0.15, -0.1) is 0 Å². The van der Waals surface area contributed by atoms with Crippen LogP contribution in [-0.4, -0.2) is 11.4 Å². The molecule has 2 aliphatic heterocycles. The Bertz CT molecular complexity index is 322. The number of hydrogen-bond acceptors (Lipinski definition) is 3. The smallest absolute Gasteiger partial charge is 0.0974 e. The van der Waals surface area contributed by atoms with Gasteiger partial charge in [-0.3, -0.25) is 0 Å². The van der Waals surface area contributed by atoms with E-state index >= 15 is 0 Å². The molecule has 0 radical (unpaired) electrons. The molecule has 0 saturated carbocycles. The van der Waals surface area contributed by atoms with Crippen LogP contribution in [0.25, 0.3) is 0 Å². The Hall–Kier alpha value is -0.880. The van der Waals surface area contributed by atoms with Crippen molar-refractivity contribution < 1.29 is 0 Å². The van der Waals surface area contributed by atoms with Crippen molar-refractivity contribution in [2.45, 2.75) is 26.2 Å². The van der Waals surface area contributed by atoms with E-state index in [9.17, 15) is 0 Å². The second-order valence-corrected chi connectivity index (χ2v) is 4.24. The zero-order valence-corrected chi connectivity index (χ0v) is 8.52. The first-order valence-corrected chi connectivity index (χ1v) is 5.45. The van der Waals surface area contributed by atoms with Crippen LogP contribution in [0.4, 0.5) is 0 Å². The molecule has 0 saturated heterocycles. The van der Waals surface area contributed by atoms with Crippen LogP contribution in [0.15, 0.2) is 21.7 Å². The largest absolute Gasteiger partial charge is 0.339 e. The molecule has 0 aromatic carbocycles. The number of thioether (sulfide) groups is 1. The minimum atomic E-state index is 0.955. The molecular formula is C10H12N2S. The molecule has 0 fully saturated rings. The second kappa shape index (κ2) is 3.47. The van der Waals surface area contributed by atoms with Crippen LogP contribution in [-0.2, 0) is 0 Å². The third-order valence-electron chi connectivity index (χ3n) is 2.46. The Kier molecular flexibility index (Phi) is 2.32. The van der Waals surface area contributed by atoms with Crippen molar-refractivity contribution in [3.05, 3.63) is 21.7 Å². The minimum Gasteiger partial charge on any atom is -0.339 e. The van der Waals surface area contributed by atoms with E-state index in [-0.39, 0.29) is 0 Å². The normalized spacial score (nSPS) is 22.2. The lowest BCUT2D eigenvalue weighted by Gasteiger charge is -2.19. The average molecular weight is 192 g/mol. The lowest BCUT2D eigenvalue weighted by molar-refractivity contribution is 0.455. The summed E-state index contributed by atoms with van der Waals surface area (Å²) in [5.74, 6) is 0. The molecule has 3 heteroatoms. The standard InChI is InChI=1S/C10H12N2S/c1-8-7-13-10-9(6-11)4-2-3-5-12(8)10/h7H,2-5H2,1H3. The van der Waals surface area contributed by atoms with Crippen molar-refractivity contribution in [1.29, 1.82) is 5.26 Å². The van der Waals surface area contributed by atoms with Gasteiger partial charge in [-0.05, 0) is 31.6 Å². The number of allylic oxidation sites excluding steroid dienone is 2. The molecule has 2 heterocycles. The molecule has 68 valence electrons. The molecule has 13 heavy (non-hydrogen) atoms. The molecule has 0 N–H and O–H groups in total. The van der Waals surface area contributed by atoms with Crippen LogP contribution < -0.4 is 0 Å². The predicted octanol–water partition coefficient (Wildman–Crippen LogP) is 2.82. The van der Waals surface area contributed by atoms with Gasteiger partial charge in [-0.1, -0.05) is 11.8 Å². The summed E-state index contributed by atoms with van der Waals surface area (Å²) in [6.45, 7) is 3.19. The topological polar surface area (TPSA) is 27.0 Å². The SMILES string of the molecule is CC1=CSC2=C(C#N)CCCCN12. The fourth-order valence-corrected chi connectivity index (χ4v) is 2.78. The summed E-state index contributed by atoms with van der Waals surface area (Å²) >= 11 is 1.70. The molecule has 2 nitrogen and oxygen atoms in total. The van der Waals surface area contributed by atoms with Crippen molar-refractivity contribution in [1.82, 2.24) is 4.90 Å². The number of fused-ring (bicyclic) bond motifs is 1. The molecule has 0 unspecified atom stereocenters. The van der Waals surface area contributed by atoms with Crippen LogP contribution >= 0.6 is 11.8 Å². The molecular weight excluding hydrogens is 180 g/mol. The molecule has 2 rings (SSSR count). The summed E-state index contributed by atoms with van der Waals surface area (Å²) in [6, 6.07) is 2.32. The van der Waals surface area contributed by atoms with E-state index in [0.29, 0.717) is 0 Å². The van der Waals surface area contributed by atoms with E-state index in [1.165, 1.54) is 17.1 Å². The van der Waals surface area contributed by atoms with E-state index < -0.39 is 0 Å². The van der Waals surface area contributed by atoms with Gasteiger partial charge in [0.1, 0.15) is 0 Å². The number of hydrogen-bond donors (Lipinski definition) is 0. The van der Waals surface area contributed by atoms with E-state index in [4.69, 9.17) is 5.26 Å². The van der Waals surface area contributed by atoms with Crippen LogP contribution in [0.2, 0.25) is 0 Å². The zero-order chi connectivity index (χ0) is 9.26. The lowest BCUT2D eigenvalue weighted by atomic mass is 10.1. The molecule has 0 amide bonds. The Morgan fingerprint density at radius 2 is 2.38 bits per heavy atom. The summed E-state index contributed by atoms with van der Waals surface area (Å²) in [6.07, 6.45) is 3.30. The first-order chi connectivity index (χ1) is 6.33. The second-order valence-electron chi connectivity index (χ2n) is 3.38. The average Bonchev–Trinajstić information content (AvgIpc) is 2.39. The molecule has 0 bridgehead atoms. The van der Waals surface area contributed by atoms with Gasteiger partial charge >= 0.3 is 0 Å². The van der Waals surface area contributed by atoms with Gasteiger partial charge in [0, 0.05) is 12.2 Å². The van der Waals surface area contributed by atoms with Crippen LogP contribution in [0.1, 0.15) is 26.2 Å². The van der Waals surface area contributed by atoms with Gasteiger partial charge in [0.25, 0.3) is 0 Å². The highest BCUT2D eigenvalue weighted by Crippen LogP contribution is 2.39. The van der Waals surface area contributed by atoms with E-state index in [0.717, 1.165) is 25.0 Å². The highest BCUT2D eigenvalue weighted by atomic mass is 32.2. The van der Waals surface area contributed by atoms with E-state index in [2.05, 4.69) is 23.3 Å². The third kappa shape index (κ3) is 1.47. The maximum absolute atomic E-state index is 8.98. The molecule has 2 aliphatic rings. The Morgan fingerprint density at radius 1 is 1.54 bits per heavy atom. The number of nitriles is 1. The van der Waals surface area contributed by atoms with Crippen molar-refractivity contribution in [3.63, 3.8) is 0 Å². The van der Waals surface area contributed by atoms with Gasteiger partial charge in [0.15, 0.2) is 0 Å². The summed E-state index contributed by atoms with van der Waals surface area (Å²) in [5.41, 5.74) is 2.25. The van der Waals surface area contributed by atoms with Crippen LogP contribution in [0.5, 0.6) is 0 Å². The molecule has 0 atom stereocenters. The van der Waals surface area contributed by atoms with Crippen LogP contribution in [0.3, 0.4) is 0 Å². The van der Waals surface area contributed by atoms with Crippen LogP contribution in [0, 0.1) is 11.3 Å². The van der Waals surface area contributed by atoms with Crippen molar-refractivity contribution in [3.8, 4) is 6.07 Å². The Balaban J connectivity index is 2.35. The summed E-state index contributed by atoms with van der Waals surface area (Å²) in [4.78, 5) is 2.27. The first-order valence-electron chi connectivity index (χ1n) is 4.57. The zero-order valence-electron chi connectivity index (χ0n) is 7.71. The fourth-order valence-electron chi connectivity index (χ4n) is 1.72. The monoisotopic (exact) mass is 192 g/mol. The van der Waals surface area contributed by atoms with Gasteiger partial charge in [0.05, 0.1) is 16.7 Å². The maximum Gasteiger partial charge on any atom is 0.0974 e. The van der Waals surface area contributed by atoms with Gasteiger partial charge in [0.2, 0.25) is 0 Å². The number of rotatable bonds is 0. The van der Waals surface area contributed by atoms with Gasteiger partial charge in [-0.25, -0.2) is 0 Å². The van der Waals surface area contributed by atoms with Crippen molar-refractivity contribution in [2.24, 2.45) is 0 Å². The highest BCUT2D eigenvalue weighted by Gasteiger charge is 2.23. The minimum absolute atomic E-state index is 0.955. The third-order valence-corrected chi connectivity index (χ3v) is 3.61. The quantitative estimate of drug-likeness (QED) is 0.590. The predicted molar refractivity (Wildman–Crippen MR) is 54.5 cm³/mol. The Labute approximate surface area is 82.9 Å². The number of nitrogens with zero attached hydrogens (tertiary/aromatic N) is 2. The Morgan fingerprint density at radius 3 is 3.15 bits per heavy atom. The van der Waals surface area contributed by atoms with Crippen molar-refractivity contribution >= 4 is 11.8 Å². The van der Waals surface area contributed by atoms with E-state index in [1.54, 1.807) is 11.8 Å². The molecule has 0 aromatic heterocycles. The summed E-state index contributed by atoms with van der Waals surface area (Å²) in [7, 11) is 0. The maximum atomic E-state index is 8.98. The summed E-state index contributed by atoms with van der Waals surface area (Å²) < 4.78 is 0. The highest BCUT2D eigenvalue weighted by molar-refractivity contribution is 8.06. The molecule has 0 spiro atoms. The molecule has 0 aliphatic carbocycles. The first kappa shape index (κ1) is 8.71. The van der Waals surface area contributed by atoms with E-state index in [1.807, 2.05) is 0 Å². The fraction of sp³-hybridized carbons (Fsp3) is 0.500.